The Morgan fingerprint density at radius 2 is 2.25 bits per heavy atom. The number of para-hydroxylation sites is 1. The highest BCUT2D eigenvalue weighted by atomic mass is 16.6. The first-order valence-electron chi connectivity index (χ1n) is 6.37. The molecule has 20 heavy (non-hydrogen) atoms. The molecule has 2 N–H and O–H groups in total. The molecule has 0 heterocycles. The molecule has 1 aliphatic carbocycles. The van der Waals surface area contributed by atoms with Crippen molar-refractivity contribution in [1.29, 1.82) is 0 Å². The number of aliphatic hydroxyl groups is 1. The average Bonchev–Trinajstić information content (AvgIpc) is 2.85. The maximum Gasteiger partial charge on any atom is 0.285 e. The number of carbonyl (C=O) groups excluding carboxylic acids is 1. The number of rotatable bonds is 4. The predicted molar refractivity (Wildman–Crippen MR) is 73.4 cm³/mol. The third-order valence-electron chi connectivity index (χ3n) is 3.39. The average molecular weight is 276 g/mol. The van der Waals surface area contributed by atoms with Crippen LogP contribution in [-0.2, 0) is 0 Å². The van der Waals surface area contributed by atoms with E-state index in [1.165, 1.54) is 6.07 Å². The van der Waals surface area contributed by atoms with Crippen molar-refractivity contribution in [2.45, 2.75) is 19.4 Å². The molecule has 0 radical (unpaired) electrons. The van der Waals surface area contributed by atoms with Crippen LogP contribution in [0.1, 0.15) is 22.3 Å². The topological polar surface area (TPSA) is 92.5 Å². The van der Waals surface area contributed by atoms with Gasteiger partial charge in [0.1, 0.15) is 5.56 Å². The predicted octanol–water partition coefficient (Wildman–Crippen LogP) is 1.57. The number of hydrogen-bond donors (Lipinski definition) is 2. The summed E-state index contributed by atoms with van der Waals surface area (Å²) >= 11 is 0. The molecule has 1 amide bonds. The van der Waals surface area contributed by atoms with Crippen LogP contribution >= 0.6 is 0 Å². The Balaban J connectivity index is 2.16. The lowest BCUT2D eigenvalue weighted by Gasteiger charge is -2.13. The first kappa shape index (κ1) is 14.2. The Bertz CT molecular complexity index is 568. The Labute approximate surface area is 116 Å². The molecule has 0 spiro atoms. The van der Waals surface area contributed by atoms with Gasteiger partial charge in [-0.05, 0) is 19.4 Å². The lowest BCUT2D eigenvalue weighted by atomic mass is 10.1. The highest BCUT2D eigenvalue weighted by Crippen LogP contribution is 2.24. The van der Waals surface area contributed by atoms with Crippen molar-refractivity contribution >= 4 is 11.6 Å². The lowest BCUT2D eigenvalue weighted by molar-refractivity contribution is -0.385. The standard InChI is InChI=1S/C14H16N2O4/c1-9-3-2-4-12(13(9)16(19)20)14(18)15-11-6-5-10(7-11)8-17/h2-6,10-11,17H,7-8H2,1H3,(H,15,18)/t10-,11+/m0/s1. The zero-order valence-electron chi connectivity index (χ0n) is 11.1. The number of nitro benzene ring substituents is 1. The van der Waals surface area contributed by atoms with Crippen molar-refractivity contribution in [3.63, 3.8) is 0 Å². The number of nitro groups is 1. The van der Waals surface area contributed by atoms with E-state index in [-0.39, 0.29) is 29.8 Å². The molecule has 106 valence electrons. The van der Waals surface area contributed by atoms with Crippen LogP contribution in [0.25, 0.3) is 0 Å². The molecule has 0 saturated carbocycles. The molecule has 1 aliphatic rings. The zero-order chi connectivity index (χ0) is 14.7. The van der Waals surface area contributed by atoms with Gasteiger partial charge in [0.25, 0.3) is 11.6 Å². The van der Waals surface area contributed by atoms with E-state index >= 15 is 0 Å². The molecule has 0 fully saturated rings. The third-order valence-corrected chi connectivity index (χ3v) is 3.39. The number of carbonyl (C=O) groups is 1. The summed E-state index contributed by atoms with van der Waals surface area (Å²) in [6.07, 6.45) is 4.26. The number of aliphatic hydroxyl groups excluding tert-OH is 1. The van der Waals surface area contributed by atoms with Gasteiger partial charge >= 0.3 is 0 Å². The van der Waals surface area contributed by atoms with Gasteiger partial charge in [-0.15, -0.1) is 0 Å². The SMILES string of the molecule is Cc1cccc(C(=O)N[C@@H]2C=C[C@H](CO)C2)c1[N+](=O)[O-]. The smallest absolute Gasteiger partial charge is 0.285 e. The molecule has 0 aromatic heterocycles. The van der Waals surface area contributed by atoms with Gasteiger partial charge in [0, 0.05) is 24.1 Å². The van der Waals surface area contributed by atoms with Crippen LogP contribution in [0, 0.1) is 23.0 Å². The van der Waals surface area contributed by atoms with E-state index in [0.717, 1.165) is 0 Å². The van der Waals surface area contributed by atoms with E-state index in [2.05, 4.69) is 5.32 Å². The number of aryl methyl sites for hydroxylation is 1. The second-order valence-corrected chi connectivity index (χ2v) is 4.87. The highest BCUT2D eigenvalue weighted by Gasteiger charge is 2.25. The molecule has 0 bridgehead atoms. The van der Waals surface area contributed by atoms with Gasteiger partial charge in [-0.1, -0.05) is 24.3 Å². The molecule has 2 atom stereocenters. The molecule has 2 rings (SSSR count). The van der Waals surface area contributed by atoms with E-state index in [0.29, 0.717) is 12.0 Å². The van der Waals surface area contributed by atoms with Crippen LogP contribution in [0.15, 0.2) is 30.4 Å². The van der Waals surface area contributed by atoms with E-state index < -0.39 is 10.8 Å². The van der Waals surface area contributed by atoms with Crippen molar-refractivity contribution in [1.82, 2.24) is 5.32 Å². The fourth-order valence-corrected chi connectivity index (χ4v) is 2.35. The van der Waals surface area contributed by atoms with E-state index in [9.17, 15) is 14.9 Å². The molecule has 1 aromatic carbocycles. The third kappa shape index (κ3) is 2.85. The summed E-state index contributed by atoms with van der Waals surface area (Å²) in [5.74, 6) is -0.429. The van der Waals surface area contributed by atoms with Gasteiger partial charge in [0.05, 0.1) is 4.92 Å². The van der Waals surface area contributed by atoms with Crippen molar-refractivity contribution in [2.24, 2.45) is 5.92 Å². The Kier molecular flexibility index (Phi) is 4.14. The van der Waals surface area contributed by atoms with Crippen molar-refractivity contribution in [3.05, 3.63) is 51.6 Å². The summed E-state index contributed by atoms with van der Waals surface area (Å²) in [4.78, 5) is 22.7. The summed E-state index contributed by atoms with van der Waals surface area (Å²) in [7, 11) is 0. The van der Waals surface area contributed by atoms with Crippen LogP contribution in [0.3, 0.4) is 0 Å². The van der Waals surface area contributed by atoms with Crippen LogP contribution in [0.2, 0.25) is 0 Å². The first-order valence-corrected chi connectivity index (χ1v) is 6.37. The molecule has 0 unspecified atom stereocenters. The Morgan fingerprint density at radius 1 is 1.50 bits per heavy atom. The fraction of sp³-hybridized carbons (Fsp3) is 0.357. The maximum atomic E-state index is 12.2. The van der Waals surface area contributed by atoms with Gasteiger partial charge in [-0.2, -0.15) is 0 Å². The van der Waals surface area contributed by atoms with E-state index in [1.807, 2.05) is 6.08 Å². The summed E-state index contributed by atoms with van der Waals surface area (Å²) in [6.45, 7) is 1.64. The summed E-state index contributed by atoms with van der Waals surface area (Å²) in [6, 6.07) is 4.48. The first-order chi connectivity index (χ1) is 9.52. The van der Waals surface area contributed by atoms with Crippen LogP contribution in [0.5, 0.6) is 0 Å². The maximum absolute atomic E-state index is 12.2. The quantitative estimate of drug-likeness (QED) is 0.496. The second kappa shape index (κ2) is 5.83. The molecular weight excluding hydrogens is 260 g/mol. The van der Waals surface area contributed by atoms with Crippen molar-refractivity contribution in [2.75, 3.05) is 6.61 Å². The number of amides is 1. The molecule has 0 aliphatic heterocycles. The summed E-state index contributed by atoms with van der Waals surface area (Å²) in [5.41, 5.74) is 0.361. The number of benzene rings is 1. The van der Waals surface area contributed by atoms with Gasteiger partial charge in [-0.3, -0.25) is 14.9 Å². The highest BCUT2D eigenvalue weighted by molar-refractivity contribution is 5.98. The Hall–Kier alpha value is -2.21. The molecule has 6 heteroatoms. The van der Waals surface area contributed by atoms with E-state index in [4.69, 9.17) is 5.11 Å². The van der Waals surface area contributed by atoms with Gasteiger partial charge in [-0.25, -0.2) is 0 Å². The summed E-state index contributed by atoms with van der Waals surface area (Å²) < 4.78 is 0. The minimum Gasteiger partial charge on any atom is -0.396 e. The van der Waals surface area contributed by atoms with Gasteiger partial charge in [0.2, 0.25) is 0 Å². The van der Waals surface area contributed by atoms with Crippen LogP contribution in [-0.4, -0.2) is 28.6 Å². The number of nitrogens with zero attached hydrogens (tertiary/aromatic N) is 1. The Morgan fingerprint density at radius 3 is 2.85 bits per heavy atom. The minimum absolute atomic E-state index is 0.0350. The minimum atomic E-state index is -0.536. The second-order valence-electron chi connectivity index (χ2n) is 4.87. The molecule has 1 aromatic rings. The molecule has 6 nitrogen and oxygen atoms in total. The largest absolute Gasteiger partial charge is 0.396 e. The lowest BCUT2D eigenvalue weighted by Crippen LogP contribution is -2.33. The monoisotopic (exact) mass is 276 g/mol. The van der Waals surface area contributed by atoms with E-state index in [1.54, 1.807) is 25.1 Å². The molecular formula is C14H16N2O4. The molecule has 0 saturated heterocycles. The van der Waals surface area contributed by atoms with Gasteiger partial charge in [0.15, 0.2) is 0 Å². The van der Waals surface area contributed by atoms with Crippen molar-refractivity contribution < 1.29 is 14.8 Å². The summed E-state index contributed by atoms with van der Waals surface area (Å²) in [5, 5.41) is 22.8. The van der Waals surface area contributed by atoms with Crippen molar-refractivity contribution in [3.8, 4) is 0 Å². The normalized spacial score (nSPS) is 20.9. The zero-order valence-corrected chi connectivity index (χ0v) is 11.1. The number of nitrogens with one attached hydrogen (secondary N) is 1. The van der Waals surface area contributed by atoms with Gasteiger partial charge < -0.3 is 10.4 Å². The number of hydrogen-bond acceptors (Lipinski definition) is 4. The fourth-order valence-electron chi connectivity index (χ4n) is 2.35. The van der Waals surface area contributed by atoms with Crippen LogP contribution < -0.4 is 5.32 Å². The van der Waals surface area contributed by atoms with Crippen LogP contribution in [0.4, 0.5) is 5.69 Å².